The number of hydrogen-bond donors (Lipinski definition) is 0. The molecule has 3 aromatic heterocycles. The highest BCUT2D eigenvalue weighted by atomic mass is 35.5. The van der Waals surface area contributed by atoms with Gasteiger partial charge >= 0.3 is 0 Å². The van der Waals surface area contributed by atoms with Gasteiger partial charge in [-0.05, 0) is 24.6 Å². The molecule has 4 heterocycles. The van der Waals surface area contributed by atoms with Gasteiger partial charge in [0.15, 0.2) is 11.6 Å². The number of pyridine rings is 1. The lowest BCUT2D eigenvalue weighted by molar-refractivity contribution is 0.282. The lowest BCUT2D eigenvalue weighted by atomic mass is 10.2. The quantitative estimate of drug-likeness (QED) is 0.481. The van der Waals surface area contributed by atoms with Crippen LogP contribution in [-0.4, -0.2) is 57.5 Å². The van der Waals surface area contributed by atoms with Crippen LogP contribution in [0.3, 0.4) is 0 Å². The molecule has 0 bridgehead atoms. The summed E-state index contributed by atoms with van der Waals surface area (Å²) >= 11 is 6.08. The van der Waals surface area contributed by atoms with Crippen molar-refractivity contribution in [3.63, 3.8) is 0 Å². The van der Waals surface area contributed by atoms with Gasteiger partial charge in [0.2, 0.25) is 0 Å². The fraction of sp³-hybridized carbons (Fsp3) is 0.318. The molecule has 0 N–H and O–H groups in total. The van der Waals surface area contributed by atoms with Crippen molar-refractivity contribution in [2.24, 2.45) is 0 Å². The molecule has 7 nitrogen and oxygen atoms in total. The van der Waals surface area contributed by atoms with E-state index in [0.717, 1.165) is 61.7 Å². The van der Waals surface area contributed by atoms with Crippen molar-refractivity contribution in [2.45, 2.75) is 13.0 Å². The van der Waals surface area contributed by atoms with Gasteiger partial charge in [0.1, 0.15) is 17.8 Å². The van der Waals surface area contributed by atoms with Gasteiger partial charge in [0, 0.05) is 56.6 Å². The molecule has 1 aliphatic heterocycles. The molecule has 31 heavy (non-hydrogen) atoms. The van der Waals surface area contributed by atoms with Crippen LogP contribution in [0.25, 0.3) is 16.6 Å². The highest BCUT2D eigenvalue weighted by Gasteiger charge is 2.20. The number of hydrogen-bond acceptors (Lipinski definition) is 6. The maximum absolute atomic E-state index is 14.1. The molecule has 5 rings (SSSR count). The Balaban J connectivity index is 1.34. The molecule has 1 aromatic carbocycles. The van der Waals surface area contributed by atoms with Crippen LogP contribution in [0, 0.1) is 5.82 Å². The van der Waals surface area contributed by atoms with Crippen molar-refractivity contribution in [3.8, 4) is 5.75 Å². The van der Waals surface area contributed by atoms with Crippen molar-refractivity contribution in [1.82, 2.24) is 24.3 Å². The third-order valence-corrected chi connectivity index (χ3v) is 5.85. The number of ether oxygens (including phenoxy) is 1. The molecule has 0 aliphatic carbocycles. The van der Waals surface area contributed by atoms with Crippen LogP contribution >= 0.6 is 11.6 Å². The zero-order valence-corrected chi connectivity index (χ0v) is 17.9. The molecule has 1 fully saturated rings. The first-order valence-electron chi connectivity index (χ1n) is 10.2. The van der Waals surface area contributed by atoms with E-state index in [9.17, 15) is 4.39 Å². The topological polar surface area (TPSA) is 58.8 Å². The minimum atomic E-state index is -0.421. The number of rotatable bonds is 4. The highest BCUT2D eigenvalue weighted by molar-refractivity contribution is 6.30. The minimum absolute atomic E-state index is 0.201. The Morgan fingerprint density at radius 1 is 1.10 bits per heavy atom. The van der Waals surface area contributed by atoms with Crippen LogP contribution in [0.15, 0.2) is 43.0 Å². The normalized spacial score (nSPS) is 15.5. The first-order chi connectivity index (χ1) is 15.1. The standard InChI is InChI=1S/C22H22ClFN6O/c1-31-20-9-17-19(10-18(20)24)25-14-26-22(17)29-6-2-5-28(7-8-29)12-16-13-30-11-15(23)3-4-21(30)27-16/h3-4,9-11,13-14H,2,5-8,12H2,1H3. The first kappa shape index (κ1) is 20.0. The van der Waals surface area contributed by atoms with Crippen molar-refractivity contribution < 1.29 is 9.13 Å². The summed E-state index contributed by atoms with van der Waals surface area (Å²) in [5.41, 5.74) is 2.49. The molecule has 4 aromatic rings. The van der Waals surface area contributed by atoms with Crippen molar-refractivity contribution in [3.05, 3.63) is 59.5 Å². The van der Waals surface area contributed by atoms with Crippen molar-refractivity contribution >= 4 is 34.0 Å². The van der Waals surface area contributed by atoms with Crippen LogP contribution in [0.1, 0.15) is 12.1 Å². The van der Waals surface area contributed by atoms with Gasteiger partial charge in [-0.3, -0.25) is 4.90 Å². The predicted octanol–water partition coefficient (Wildman–Crippen LogP) is 3.79. The molecular formula is C22H22ClFN6O. The van der Waals surface area contributed by atoms with Crippen LogP contribution in [0.4, 0.5) is 10.2 Å². The minimum Gasteiger partial charge on any atom is -0.494 e. The number of benzene rings is 1. The van der Waals surface area contributed by atoms with Gasteiger partial charge in [0.25, 0.3) is 0 Å². The number of imidazole rings is 1. The molecule has 160 valence electrons. The van der Waals surface area contributed by atoms with E-state index in [2.05, 4.69) is 19.8 Å². The fourth-order valence-corrected chi connectivity index (χ4v) is 4.28. The van der Waals surface area contributed by atoms with Gasteiger partial charge < -0.3 is 14.0 Å². The molecule has 1 aliphatic rings. The average Bonchev–Trinajstić information content (AvgIpc) is 3.01. The summed E-state index contributed by atoms with van der Waals surface area (Å²) in [5, 5.41) is 1.49. The van der Waals surface area contributed by atoms with Crippen LogP contribution in [0.2, 0.25) is 5.02 Å². The molecule has 0 radical (unpaired) electrons. The highest BCUT2D eigenvalue weighted by Crippen LogP contribution is 2.29. The fourth-order valence-electron chi connectivity index (χ4n) is 4.12. The Morgan fingerprint density at radius 3 is 2.87 bits per heavy atom. The summed E-state index contributed by atoms with van der Waals surface area (Å²) in [7, 11) is 1.46. The molecular weight excluding hydrogens is 419 g/mol. The number of anilines is 1. The van der Waals surface area contributed by atoms with Gasteiger partial charge in [-0.15, -0.1) is 0 Å². The Kier molecular flexibility index (Phi) is 5.33. The number of halogens is 2. The average molecular weight is 441 g/mol. The smallest absolute Gasteiger partial charge is 0.167 e. The van der Waals surface area contributed by atoms with Gasteiger partial charge in [0.05, 0.1) is 23.3 Å². The second-order valence-electron chi connectivity index (χ2n) is 7.66. The molecule has 0 unspecified atom stereocenters. The number of fused-ring (bicyclic) bond motifs is 2. The maximum Gasteiger partial charge on any atom is 0.167 e. The predicted molar refractivity (Wildman–Crippen MR) is 118 cm³/mol. The monoisotopic (exact) mass is 440 g/mol. The third-order valence-electron chi connectivity index (χ3n) is 5.63. The van der Waals surface area contributed by atoms with E-state index in [1.54, 1.807) is 6.07 Å². The first-order valence-corrected chi connectivity index (χ1v) is 10.6. The van der Waals surface area contributed by atoms with E-state index >= 15 is 0 Å². The zero-order chi connectivity index (χ0) is 21.4. The Morgan fingerprint density at radius 2 is 2.00 bits per heavy atom. The van der Waals surface area contributed by atoms with Crippen LogP contribution in [-0.2, 0) is 6.54 Å². The Labute approximate surface area is 184 Å². The summed E-state index contributed by atoms with van der Waals surface area (Å²) < 4.78 is 21.2. The largest absolute Gasteiger partial charge is 0.494 e. The van der Waals surface area contributed by atoms with Crippen molar-refractivity contribution in [1.29, 1.82) is 0 Å². The molecule has 1 saturated heterocycles. The van der Waals surface area contributed by atoms with E-state index in [4.69, 9.17) is 21.3 Å². The zero-order valence-electron chi connectivity index (χ0n) is 17.1. The SMILES string of the molecule is COc1cc2c(N3CCCN(Cc4cn5cc(Cl)ccc5n4)CC3)ncnc2cc1F. The molecule has 0 spiro atoms. The van der Waals surface area contributed by atoms with Gasteiger partial charge in [-0.25, -0.2) is 19.3 Å². The number of nitrogens with zero attached hydrogens (tertiary/aromatic N) is 6. The van der Waals surface area contributed by atoms with E-state index < -0.39 is 5.82 Å². The van der Waals surface area contributed by atoms with Crippen LogP contribution in [0.5, 0.6) is 5.75 Å². The second kappa shape index (κ2) is 8.28. The second-order valence-corrected chi connectivity index (χ2v) is 8.10. The molecule has 0 saturated carbocycles. The summed E-state index contributed by atoms with van der Waals surface area (Å²) in [5.74, 6) is 0.593. The Hall–Kier alpha value is -2.97. The van der Waals surface area contributed by atoms with Crippen molar-refractivity contribution in [2.75, 3.05) is 38.2 Å². The summed E-state index contributed by atoms with van der Waals surface area (Å²) in [4.78, 5) is 18.1. The maximum atomic E-state index is 14.1. The molecule has 0 amide bonds. The van der Waals surface area contributed by atoms with E-state index in [0.29, 0.717) is 10.5 Å². The number of aromatic nitrogens is 4. The van der Waals surface area contributed by atoms with E-state index in [1.807, 2.05) is 28.9 Å². The van der Waals surface area contributed by atoms with Crippen LogP contribution < -0.4 is 9.64 Å². The third kappa shape index (κ3) is 4.00. The van der Waals surface area contributed by atoms with E-state index in [1.165, 1.54) is 19.5 Å². The Bertz CT molecular complexity index is 1250. The van der Waals surface area contributed by atoms with Gasteiger partial charge in [-0.2, -0.15) is 0 Å². The molecule has 9 heteroatoms. The summed E-state index contributed by atoms with van der Waals surface area (Å²) in [6.07, 6.45) is 6.38. The van der Waals surface area contributed by atoms with E-state index in [-0.39, 0.29) is 5.75 Å². The van der Waals surface area contributed by atoms with Gasteiger partial charge in [-0.1, -0.05) is 11.6 Å². The summed E-state index contributed by atoms with van der Waals surface area (Å²) in [6, 6.07) is 6.86. The molecule has 0 atom stereocenters. The lowest BCUT2D eigenvalue weighted by Gasteiger charge is -2.23. The lowest BCUT2D eigenvalue weighted by Crippen LogP contribution is -2.31. The summed E-state index contributed by atoms with van der Waals surface area (Å²) in [6.45, 7) is 4.29. The number of methoxy groups -OCH3 is 1.